The van der Waals surface area contributed by atoms with Gasteiger partial charge in [-0.3, -0.25) is 4.79 Å². The number of esters is 1. The van der Waals surface area contributed by atoms with Crippen LogP contribution in [-0.2, 0) is 32.1 Å². The van der Waals surface area contributed by atoms with Crippen molar-refractivity contribution in [2.75, 3.05) is 7.11 Å². The van der Waals surface area contributed by atoms with Crippen LogP contribution in [0.4, 0.5) is 0 Å². The second-order valence-corrected chi connectivity index (χ2v) is 6.95. The van der Waals surface area contributed by atoms with Gasteiger partial charge in [0.1, 0.15) is 0 Å². The average Bonchev–Trinajstić information content (AvgIpc) is 3.12. The molecule has 0 bridgehead atoms. The number of hydrogen-bond donors (Lipinski definition) is 2. The smallest absolute Gasteiger partial charge is 0.467 e. The fraction of sp³-hybridized carbons (Fsp3) is 0.333. The molecule has 2 aromatic carbocycles. The van der Waals surface area contributed by atoms with Crippen LogP contribution in [-0.4, -0.2) is 43.3 Å². The molecule has 29 heavy (non-hydrogen) atoms. The third-order valence-electron chi connectivity index (χ3n) is 5.06. The quantitative estimate of drug-likeness (QED) is 0.537. The highest BCUT2D eigenvalue weighted by Crippen LogP contribution is 2.17. The molecule has 0 spiro atoms. The largest absolute Gasteiger partial charge is 0.492 e. The van der Waals surface area contributed by atoms with Crippen LogP contribution in [0.1, 0.15) is 34.0 Å². The number of carbonyl (C=O) groups is 2. The van der Waals surface area contributed by atoms with Crippen LogP contribution in [0.5, 0.6) is 0 Å². The first-order valence-electron chi connectivity index (χ1n) is 9.38. The Morgan fingerprint density at radius 1 is 1.24 bits per heavy atom. The number of rotatable bonds is 7. The molecule has 1 amide bonds. The summed E-state index contributed by atoms with van der Waals surface area (Å²) in [5.41, 5.74) is 3.37. The minimum atomic E-state index is -1.05. The predicted octanol–water partition coefficient (Wildman–Crippen LogP) is 1.09. The maximum atomic E-state index is 12.9. The number of benzene rings is 2. The number of ether oxygens (including phenoxy) is 2. The molecule has 3 rings (SSSR count). The highest BCUT2D eigenvalue weighted by Gasteiger charge is 2.33. The molecule has 0 saturated heterocycles. The van der Waals surface area contributed by atoms with E-state index in [0.717, 1.165) is 11.1 Å². The van der Waals surface area contributed by atoms with Crippen molar-refractivity contribution in [2.45, 2.75) is 39.2 Å². The molecule has 0 radical (unpaired) electrons. The Hall–Kier alpha value is -2.68. The molecular weight excluding hydrogens is 373 g/mol. The number of nitrogens with one attached hydrogen (secondary N) is 1. The van der Waals surface area contributed by atoms with E-state index < -0.39 is 31.1 Å². The van der Waals surface area contributed by atoms with Gasteiger partial charge in [0.05, 0.1) is 26.4 Å². The molecule has 0 saturated carbocycles. The number of amides is 1. The zero-order valence-electron chi connectivity index (χ0n) is 16.7. The van der Waals surface area contributed by atoms with Crippen LogP contribution in [0, 0.1) is 6.92 Å². The monoisotopic (exact) mass is 397 g/mol. The van der Waals surface area contributed by atoms with Crippen molar-refractivity contribution in [1.82, 2.24) is 5.32 Å². The van der Waals surface area contributed by atoms with E-state index in [1.807, 2.05) is 30.3 Å². The molecule has 152 valence electrons. The molecule has 1 aliphatic rings. The topological polar surface area (TPSA) is 94.1 Å². The fourth-order valence-electron chi connectivity index (χ4n) is 3.36. The van der Waals surface area contributed by atoms with E-state index in [-0.39, 0.29) is 0 Å². The fourth-order valence-corrected chi connectivity index (χ4v) is 3.36. The molecule has 1 unspecified atom stereocenters. The van der Waals surface area contributed by atoms with Crippen LogP contribution in [0.15, 0.2) is 42.5 Å². The highest BCUT2D eigenvalue weighted by molar-refractivity contribution is 6.62. The first-order valence-corrected chi connectivity index (χ1v) is 9.38. The standard InChI is InChI=1S/C21H24BNO6/c1-13-17(10-9-16-12-29-22(26)18(13)16)20(24)23-19(21(25)27-3)14(2)28-11-15-7-5-4-6-8-15/h4-10,14,19,26H,11-12H2,1-3H3,(H,23,24)/t14-,19?/m1/s1. The number of carbonyl (C=O) groups excluding carboxylic acids is 2. The van der Waals surface area contributed by atoms with Crippen LogP contribution in [0.25, 0.3) is 0 Å². The summed E-state index contributed by atoms with van der Waals surface area (Å²) in [4.78, 5) is 25.2. The Morgan fingerprint density at radius 2 is 1.97 bits per heavy atom. The van der Waals surface area contributed by atoms with E-state index in [2.05, 4.69) is 5.32 Å². The maximum Gasteiger partial charge on any atom is 0.492 e. The molecule has 2 aromatic rings. The SMILES string of the molecule is COC(=O)C(NC(=O)c1ccc2c(c1C)B(O)OC2)[C@@H](C)OCc1ccccc1. The van der Waals surface area contributed by atoms with E-state index in [1.54, 1.807) is 26.0 Å². The second kappa shape index (κ2) is 9.22. The Bertz CT molecular complexity index is 888. The van der Waals surface area contributed by atoms with Crippen LogP contribution in [0.3, 0.4) is 0 Å². The van der Waals surface area contributed by atoms with Gasteiger partial charge in [0.2, 0.25) is 0 Å². The molecule has 2 N–H and O–H groups in total. The lowest BCUT2D eigenvalue weighted by atomic mass is 9.75. The molecule has 1 aliphatic heterocycles. The lowest BCUT2D eigenvalue weighted by molar-refractivity contribution is -0.147. The number of fused-ring (bicyclic) bond motifs is 1. The third-order valence-corrected chi connectivity index (χ3v) is 5.06. The Labute approximate surface area is 170 Å². The van der Waals surface area contributed by atoms with Gasteiger partial charge >= 0.3 is 13.1 Å². The minimum Gasteiger partial charge on any atom is -0.467 e. The second-order valence-electron chi connectivity index (χ2n) is 6.95. The van der Waals surface area contributed by atoms with Crippen molar-refractivity contribution in [2.24, 2.45) is 0 Å². The van der Waals surface area contributed by atoms with Crippen molar-refractivity contribution in [3.8, 4) is 0 Å². The van der Waals surface area contributed by atoms with Gasteiger partial charge in [0.15, 0.2) is 6.04 Å². The van der Waals surface area contributed by atoms with Crippen molar-refractivity contribution >= 4 is 24.5 Å². The number of methoxy groups -OCH3 is 1. The van der Waals surface area contributed by atoms with Crippen LogP contribution in [0.2, 0.25) is 0 Å². The first-order chi connectivity index (χ1) is 13.9. The summed E-state index contributed by atoms with van der Waals surface area (Å²) in [7, 11) is 0.210. The van der Waals surface area contributed by atoms with Gasteiger partial charge in [-0.2, -0.15) is 0 Å². The molecule has 7 nitrogen and oxygen atoms in total. The molecular formula is C21H24BNO6. The van der Waals surface area contributed by atoms with Crippen molar-refractivity contribution < 1.29 is 28.7 Å². The first kappa shape index (κ1) is 21.0. The zero-order valence-corrected chi connectivity index (χ0v) is 16.7. The molecule has 1 heterocycles. The highest BCUT2D eigenvalue weighted by atomic mass is 16.5. The summed E-state index contributed by atoms with van der Waals surface area (Å²) in [6, 6.07) is 12.0. The summed E-state index contributed by atoms with van der Waals surface area (Å²) < 4.78 is 15.9. The summed E-state index contributed by atoms with van der Waals surface area (Å²) in [5, 5.41) is 12.7. The van der Waals surface area contributed by atoms with Gasteiger partial charge in [-0.25, -0.2) is 4.79 Å². The molecule has 0 aliphatic carbocycles. The Morgan fingerprint density at radius 3 is 2.66 bits per heavy atom. The van der Waals surface area contributed by atoms with E-state index in [9.17, 15) is 14.6 Å². The molecule has 8 heteroatoms. The van der Waals surface area contributed by atoms with Crippen molar-refractivity contribution in [3.63, 3.8) is 0 Å². The summed E-state index contributed by atoms with van der Waals surface area (Å²) in [5.74, 6) is -1.05. The average molecular weight is 397 g/mol. The zero-order chi connectivity index (χ0) is 21.0. The Kier molecular flexibility index (Phi) is 6.69. The molecule has 0 fully saturated rings. The lowest BCUT2D eigenvalue weighted by Crippen LogP contribution is -2.49. The van der Waals surface area contributed by atoms with E-state index in [1.165, 1.54) is 7.11 Å². The van der Waals surface area contributed by atoms with Gasteiger partial charge in [0, 0.05) is 5.56 Å². The summed E-state index contributed by atoms with van der Waals surface area (Å²) >= 11 is 0. The van der Waals surface area contributed by atoms with Gasteiger partial charge < -0.3 is 24.5 Å². The van der Waals surface area contributed by atoms with Crippen molar-refractivity contribution in [1.29, 1.82) is 0 Å². The van der Waals surface area contributed by atoms with Gasteiger partial charge in [-0.05, 0) is 42.1 Å². The molecule has 2 atom stereocenters. The van der Waals surface area contributed by atoms with E-state index in [0.29, 0.717) is 29.8 Å². The number of hydrogen-bond acceptors (Lipinski definition) is 6. The normalized spacial score (nSPS) is 14.8. The van der Waals surface area contributed by atoms with Gasteiger partial charge in [0.25, 0.3) is 5.91 Å². The van der Waals surface area contributed by atoms with Gasteiger partial charge in [-0.1, -0.05) is 36.4 Å². The van der Waals surface area contributed by atoms with Crippen LogP contribution < -0.4 is 10.8 Å². The van der Waals surface area contributed by atoms with E-state index in [4.69, 9.17) is 14.1 Å². The molecule has 0 aromatic heterocycles. The van der Waals surface area contributed by atoms with E-state index >= 15 is 0 Å². The lowest BCUT2D eigenvalue weighted by Gasteiger charge is -2.24. The third kappa shape index (κ3) is 4.67. The maximum absolute atomic E-state index is 12.9. The summed E-state index contributed by atoms with van der Waals surface area (Å²) in [6.07, 6.45) is -0.615. The summed E-state index contributed by atoms with van der Waals surface area (Å²) in [6.45, 7) is 4.05. The van der Waals surface area contributed by atoms with Crippen molar-refractivity contribution in [3.05, 3.63) is 64.7 Å². The minimum absolute atomic E-state index is 0.298. The predicted molar refractivity (Wildman–Crippen MR) is 108 cm³/mol. The van der Waals surface area contributed by atoms with Crippen LogP contribution >= 0.6 is 0 Å². The van der Waals surface area contributed by atoms with Gasteiger partial charge in [-0.15, -0.1) is 0 Å². The Balaban J connectivity index is 1.74.